The molecule has 0 heteroatoms. The molecule has 0 aliphatic carbocycles. The van der Waals surface area contributed by atoms with E-state index in [-0.39, 0.29) is 0 Å². The van der Waals surface area contributed by atoms with Crippen LogP contribution in [-0.2, 0) is 0 Å². The topological polar surface area (TPSA) is 0 Å². The summed E-state index contributed by atoms with van der Waals surface area (Å²) in [6.45, 7) is 3.83. The van der Waals surface area contributed by atoms with Crippen LogP contribution in [0.5, 0.6) is 0 Å². The third kappa shape index (κ3) is 4.72. The van der Waals surface area contributed by atoms with E-state index in [1.54, 1.807) is 0 Å². The summed E-state index contributed by atoms with van der Waals surface area (Å²) in [5.41, 5.74) is 1.34. The molecule has 1 aromatic carbocycles. The molecule has 0 aromatic heterocycles. The van der Waals surface area contributed by atoms with Gasteiger partial charge in [-0.1, -0.05) is 62.9 Å². The van der Waals surface area contributed by atoms with Crippen LogP contribution in [0, 0.1) is 13.3 Å². The van der Waals surface area contributed by atoms with Gasteiger partial charge in [0.2, 0.25) is 0 Å². The first kappa shape index (κ1) is 10.3. The first-order chi connectivity index (χ1) is 6.43. The second-order valence-electron chi connectivity index (χ2n) is 3.32. The monoisotopic (exact) mass is 174 g/mol. The molecule has 0 saturated carbocycles. The number of benzene rings is 1. The fourth-order valence-electron chi connectivity index (χ4n) is 1.36. The molecule has 2 radical (unpaired) electrons. The van der Waals surface area contributed by atoms with Crippen LogP contribution >= 0.6 is 0 Å². The van der Waals surface area contributed by atoms with Crippen molar-refractivity contribution in [3.8, 4) is 0 Å². The van der Waals surface area contributed by atoms with Gasteiger partial charge in [0.1, 0.15) is 0 Å². The minimum atomic E-state index is 1.07. The van der Waals surface area contributed by atoms with Crippen molar-refractivity contribution in [3.63, 3.8) is 0 Å². The van der Waals surface area contributed by atoms with Gasteiger partial charge in [0.15, 0.2) is 0 Å². The van der Waals surface area contributed by atoms with Gasteiger partial charge in [-0.25, -0.2) is 0 Å². The van der Waals surface area contributed by atoms with Gasteiger partial charge < -0.3 is 0 Å². The van der Waals surface area contributed by atoms with Crippen LogP contribution in [0.3, 0.4) is 0 Å². The summed E-state index contributed by atoms with van der Waals surface area (Å²) >= 11 is 0. The summed E-state index contributed by atoms with van der Waals surface area (Å²) in [5.74, 6) is 0. The normalized spacial score (nSPS) is 10.2. The van der Waals surface area contributed by atoms with E-state index >= 15 is 0 Å². The van der Waals surface area contributed by atoms with E-state index in [2.05, 4.69) is 43.7 Å². The fourth-order valence-corrected chi connectivity index (χ4v) is 1.36. The van der Waals surface area contributed by atoms with Gasteiger partial charge in [-0.2, -0.15) is 0 Å². The molecule has 0 aliphatic heterocycles. The third-order valence-corrected chi connectivity index (χ3v) is 2.13. The van der Waals surface area contributed by atoms with Crippen molar-refractivity contribution >= 4 is 0 Å². The van der Waals surface area contributed by atoms with Gasteiger partial charge in [-0.05, 0) is 18.4 Å². The molecule has 0 N–H and O–H groups in total. The van der Waals surface area contributed by atoms with E-state index in [4.69, 9.17) is 0 Å². The first-order valence-electron chi connectivity index (χ1n) is 5.11. The largest absolute Gasteiger partial charge is 0.0622 e. The Hall–Kier alpha value is -0.780. The minimum absolute atomic E-state index is 1.07. The number of hydrogen-bond donors (Lipinski definition) is 0. The lowest BCUT2D eigenvalue weighted by atomic mass is 10.1. The molecule has 0 fully saturated rings. The first-order valence-corrected chi connectivity index (χ1v) is 5.11. The molecule has 13 heavy (non-hydrogen) atoms. The maximum Gasteiger partial charge on any atom is -0.00931 e. The summed E-state index contributed by atoms with van der Waals surface area (Å²) in [5, 5.41) is 0. The maximum atomic E-state index is 3.83. The molecule has 1 aromatic rings. The van der Waals surface area contributed by atoms with Crippen molar-refractivity contribution < 1.29 is 0 Å². The molecule has 0 saturated heterocycles. The van der Waals surface area contributed by atoms with Crippen LogP contribution in [-0.4, -0.2) is 0 Å². The molecule has 0 nitrogen and oxygen atoms in total. The molecule has 0 amide bonds. The Kier molecular flexibility index (Phi) is 5.31. The van der Waals surface area contributed by atoms with E-state index in [9.17, 15) is 0 Å². The molecule has 0 aliphatic rings. The predicted molar refractivity (Wildman–Crippen MR) is 58.3 cm³/mol. The van der Waals surface area contributed by atoms with E-state index in [0.717, 1.165) is 6.42 Å². The molecule has 0 heterocycles. The zero-order chi connectivity index (χ0) is 9.36. The van der Waals surface area contributed by atoms with Crippen LogP contribution < -0.4 is 0 Å². The van der Waals surface area contributed by atoms with E-state index in [1.165, 1.54) is 31.2 Å². The average molecular weight is 174 g/mol. The molecule has 1 rings (SSSR count). The molecule has 0 spiro atoms. The summed E-state index contributed by atoms with van der Waals surface area (Å²) in [6.07, 6.45) is 8.46. The summed E-state index contributed by atoms with van der Waals surface area (Å²) in [4.78, 5) is 0. The van der Waals surface area contributed by atoms with Gasteiger partial charge >= 0.3 is 0 Å². The average Bonchev–Trinajstić information content (AvgIpc) is 2.19. The lowest BCUT2D eigenvalue weighted by Crippen LogP contribution is -1.82. The Labute approximate surface area is 82.0 Å². The minimum Gasteiger partial charge on any atom is -0.0622 e. The zero-order valence-corrected chi connectivity index (χ0v) is 8.21. The molecule has 0 bridgehead atoms. The Morgan fingerprint density at radius 3 is 2.46 bits per heavy atom. The van der Waals surface area contributed by atoms with Crippen molar-refractivity contribution in [2.45, 2.75) is 32.1 Å². The van der Waals surface area contributed by atoms with Crippen LogP contribution in [0.25, 0.3) is 0 Å². The van der Waals surface area contributed by atoms with Crippen molar-refractivity contribution in [2.75, 3.05) is 0 Å². The van der Waals surface area contributed by atoms with E-state index < -0.39 is 0 Å². The Morgan fingerprint density at radius 2 is 1.77 bits per heavy atom. The number of rotatable bonds is 6. The summed E-state index contributed by atoms with van der Waals surface area (Å²) in [7, 11) is 0. The second kappa shape index (κ2) is 6.71. The van der Waals surface area contributed by atoms with Crippen LogP contribution in [0.4, 0.5) is 0 Å². The van der Waals surface area contributed by atoms with Crippen molar-refractivity contribution in [1.29, 1.82) is 0 Å². The highest BCUT2D eigenvalue weighted by atomic mass is 14.0. The third-order valence-electron chi connectivity index (χ3n) is 2.13. The Bertz CT molecular complexity index is 201. The van der Waals surface area contributed by atoms with E-state index in [1.807, 2.05) is 0 Å². The van der Waals surface area contributed by atoms with Crippen LogP contribution in [0.15, 0.2) is 30.3 Å². The van der Waals surface area contributed by atoms with Gasteiger partial charge in [0.05, 0.1) is 0 Å². The van der Waals surface area contributed by atoms with Gasteiger partial charge in [0.25, 0.3) is 0 Å². The second-order valence-corrected chi connectivity index (χ2v) is 3.32. The molecule has 0 unspecified atom stereocenters. The van der Waals surface area contributed by atoms with Gasteiger partial charge in [0, 0.05) is 0 Å². The zero-order valence-electron chi connectivity index (χ0n) is 8.21. The van der Waals surface area contributed by atoms with Crippen molar-refractivity contribution in [2.24, 2.45) is 0 Å². The smallest absolute Gasteiger partial charge is 0.00931 e. The highest BCUT2D eigenvalue weighted by molar-refractivity contribution is 5.21. The van der Waals surface area contributed by atoms with Crippen LogP contribution in [0.2, 0.25) is 0 Å². The SMILES string of the molecule is [CH2]CCCCC[CH]c1ccccc1. The number of unbranched alkanes of at least 4 members (excludes halogenated alkanes) is 4. The van der Waals surface area contributed by atoms with Crippen molar-refractivity contribution in [1.82, 2.24) is 0 Å². The standard InChI is InChI=1S/C13H18/c1-2-3-4-5-7-10-13-11-8-6-9-12-13/h6,8-12H,1-5,7H2. The predicted octanol–water partition coefficient (Wildman–Crippen LogP) is 4.02. The fraction of sp³-hybridized carbons (Fsp3) is 0.385. The van der Waals surface area contributed by atoms with E-state index in [0.29, 0.717) is 0 Å². The summed E-state index contributed by atoms with van der Waals surface area (Å²) < 4.78 is 0. The molecular formula is C13H18. The Morgan fingerprint density at radius 1 is 1.00 bits per heavy atom. The molecule has 70 valence electrons. The molecular weight excluding hydrogens is 156 g/mol. The van der Waals surface area contributed by atoms with Crippen molar-refractivity contribution in [3.05, 3.63) is 49.2 Å². The van der Waals surface area contributed by atoms with Gasteiger partial charge in [-0.3, -0.25) is 0 Å². The summed E-state index contributed by atoms with van der Waals surface area (Å²) in [6, 6.07) is 10.5. The molecule has 0 atom stereocenters. The Balaban J connectivity index is 2.07. The number of hydrogen-bond acceptors (Lipinski definition) is 0. The lowest BCUT2D eigenvalue weighted by Gasteiger charge is -2.00. The van der Waals surface area contributed by atoms with Gasteiger partial charge in [-0.15, -0.1) is 0 Å². The maximum absolute atomic E-state index is 3.83. The quantitative estimate of drug-likeness (QED) is 0.571. The highest BCUT2D eigenvalue weighted by Gasteiger charge is 1.92. The highest BCUT2D eigenvalue weighted by Crippen LogP contribution is 2.09. The lowest BCUT2D eigenvalue weighted by molar-refractivity contribution is 0.684. The van der Waals surface area contributed by atoms with Crippen LogP contribution in [0.1, 0.15) is 37.7 Å².